The first kappa shape index (κ1) is 8.81. The smallest absolute Gasteiger partial charge is 0.121 e. The predicted molar refractivity (Wildman–Crippen MR) is 54.0 cm³/mol. The maximum absolute atomic E-state index is 5.92. The number of benzene rings is 1. The second-order valence-corrected chi connectivity index (χ2v) is 3.52. The zero-order valence-electron chi connectivity index (χ0n) is 6.64. The van der Waals surface area contributed by atoms with Gasteiger partial charge in [0.1, 0.15) is 11.3 Å². The number of nitrogens with two attached hydrogens (primary N) is 1. The van der Waals surface area contributed by atoms with Gasteiger partial charge in [-0.05, 0) is 12.1 Å². The largest absolute Gasteiger partial charge is 0.341 e. The van der Waals surface area contributed by atoms with E-state index in [1.807, 2.05) is 0 Å². The van der Waals surface area contributed by atoms with Crippen molar-refractivity contribution in [2.45, 2.75) is 6.54 Å². The molecule has 0 radical (unpaired) electrons. The Morgan fingerprint density at radius 1 is 1.38 bits per heavy atom. The summed E-state index contributed by atoms with van der Waals surface area (Å²) in [7, 11) is 0. The van der Waals surface area contributed by atoms with Gasteiger partial charge in [0.15, 0.2) is 0 Å². The van der Waals surface area contributed by atoms with Crippen LogP contribution in [0.4, 0.5) is 0 Å². The van der Waals surface area contributed by atoms with Crippen LogP contribution in [0.1, 0.15) is 5.82 Å². The standard InChI is InChI=1S/C8H7Cl2N3/c9-4-1-5(10)8-6(2-4)12-7(3-11)13-8/h1-2H,3,11H2,(H,12,13). The van der Waals surface area contributed by atoms with Crippen molar-refractivity contribution in [3.05, 3.63) is 28.0 Å². The lowest BCUT2D eigenvalue weighted by atomic mass is 10.3. The maximum Gasteiger partial charge on any atom is 0.121 e. The van der Waals surface area contributed by atoms with Crippen molar-refractivity contribution in [2.75, 3.05) is 0 Å². The van der Waals surface area contributed by atoms with Crippen molar-refractivity contribution in [2.24, 2.45) is 5.73 Å². The molecular weight excluding hydrogens is 209 g/mol. The van der Waals surface area contributed by atoms with E-state index >= 15 is 0 Å². The highest BCUT2D eigenvalue weighted by atomic mass is 35.5. The first-order valence-corrected chi connectivity index (χ1v) is 4.50. The highest BCUT2D eigenvalue weighted by molar-refractivity contribution is 6.38. The van der Waals surface area contributed by atoms with Crippen LogP contribution >= 0.6 is 23.2 Å². The highest BCUT2D eigenvalue weighted by Gasteiger charge is 2.06. The molecule has 0 saturated carbocycles. The number of nitrogens with one attached hydrogen (secondary N) is 1. The molecule has 0 spiro atoms. The molecule has 3 nitrogen and oxygen atoms in total. The van der Waals surface area contributed by atoms with Crippen LogP contribution in [-0.2, 0) is 6.54 Å². The van der Waals surface area contributed by atoms with E-state index in [0.717, 1.165) is 5.52 Å². The molecule has 13 heavy (non-hydrogen) atoms. The average molecular weight is 216 g/mol. The lowest BCUT2D eigenvalue weighted by molar-refractivity contribution is 0.958. The average Bonchev–Trinajstić information content (AvgIpc) is 2.47. The SMILES string of the molecule is NCc1nc2c(Cl)cc(Cl)cc2[nH]1. The number of imidazole rings is 1. The summed E-state index contributed by atoms with van der Waals surface area (Å²) in [5, 5.41) is 1.13. The number of rotatable bonds is 1. The van der Waals surface area contributed by atoms with Crippen LogP contribution in [0.25, 0.3) is 11.0 Å². The Labute approximate surface area is 84.9 Å². The summed E-state index contributed by atoms with van der Waals surface area (Å²) >= 11 is 11.7. The summed E-state index contributed by atoms with van der Waals surface area (Å²) in [6.07, 6.45) is 0. The van der Waals surface area contributed by atoms with Crippen molar-refractivity contribution >= 4 is 34.2 Å². The van der Waals surface area contributed by atoms with Crippen molar-refractivity contribution in [1.29, 1.82) is 0 Å². The van der Waals surface area contributed by atoms with Gasteiger partial charge in [-0.2, -0.15) is 0 Å². The molecule has 1 aromatic heterocycles. The normalized spacial score (nSPS) is 11.0. The van der Waals surface area contributed by atoms with Gasteiger partial charge in [0.2, 0.25) is 0 Å². The zero-order chi connectivity index (χ0) is 9.42. The second-order valence-electron chi connectivity index (χ2n) is 2.67. The van der Waals surface area contributed by atoms with Gasteiger partial charge in [0.25, 0.3) is 0 Å². The highest BCUT2D eigenvalue weighted by Crippen LogP contribution is 2.25. The third kappa shape index (κ3) is 1.50. The van der Waals surface area contributed by atoms with E-state index in [2.05, 4.69) is 9.97 Å². The van der Waals surface area contributed by atoms with Crippen LogP contribution in [0.3, 0.4) is 0 Å². The fourth-order valence-electron chi connectivity index (χ4n) is 1.19. The van der Waals surface area contributed by atoms with Gasteiger partial charge >= 0.3 is 0 Å². The summed E-state index contributed by atoms with van der Waals surface area (Å²) in [6, 6.07) is 3.43. The zero-order valence-corrected chi connectivity index (χ0v) is 8.15. The van der Waals surface area contributed by atoms with Crippen LogP contribution in [0.15, 0.2) is 12.1 Å². The van der Waals surface area contributed by atoms with Gasteiger partial charge in [-0.1, -0.05) is 23.2 Å². The van der Waals surface area contributed by atoms with Gasteiger partial charge in [0.05, 0.1) is 17.1 Å². The molecule has 0 aliphatic heterocycles. The number of hydrogen-bond acceptors (Lipinski definition) is 2. The summed E-state index contributed by atoms with van der Waals surface area (Å²) in [6.45, 7) is 0.364. The number of aromatic nitrogens is 2. The Morgan fingerprint density at radius 2 is 2.15 bits per heavy atom. The van der Waals surface area contributed by atoms with Gasteiger partial charge in [0, 0.05) is 5.02 Å². The van der Waals surface area contributed by atoms with E-state index in [1.165, 1.54) is 0 Å². The van der Waals surface area contributed by atoms with E-state index in [9.17, 15) is 0 Å². The molecule has 2 rings (SSSR count). The lowest BCUT2D eigenvalue weighted by Gasteiger charge is -1.92. The van der Waals surface area contributed by atoms with E-state index in [4.69, 9.17) is 28.9 Å². The Morgan fingerprint density at radius 3 is 2.85 bits per heavy atom. The quantitative estimate of drug-likeness (QED) is 0.768. The number of H-pyrrole nitrogens is 1. The molecule has 0 aliphatic carbocycles. The van der Waals surface area contributed by atoms with E-state index in [0.29, 0.717) is 27.9 Å². The summed E-state index contributed by atoms with van der Waals surface area (Å²) < 4.78 is 0. The van der Waals surface area contributed by atoms with E-state index in [1.54, 1.807) is 12.1 Å². The molecule has 5 heteroatoms. The van der Waals surface area contributed by atoms with Crippen LogP contribution in [0, 0.1) is 0 Å². The summed E-state index contributed by atoms with van der Waals surface area (Å²) in [4.78, 5) is 7.22. The summed E-state index contributed by atoms with van der Waals surface area (Å²) in [5.41, 5.74) is 6.96. The maximum atomic E-state index is 5.92. The molecule has 0 fully saturated rings. The molecule has 2 aromatic rings. The van der Waals surface area contributed by atoms with Gasteiger partial charge < -0.3 is 10.7 Å². The van der Waals surface area contributed by atoms with Crippen LogP contribution < -0.4 is 5.73 Å². The summed E-state index contributed by atoms with van der Waals surface area (Å²) in [5.74, 6) is 0.708. The molecule has 1 heterocycles. The van der Waals surface area contributed by atoms with E-state index < -0.39 is 0 Å². The molecular formula is C8H7Cl2N3. The first-order valence-electron chi connectivity index (χ1n) is 3.74. The molecule has 0 bridgehead atoms. The Balaban J connectivity index is 2.75. The van der Waals surface area contributed by atoms with Crippen molar-refractivity contribution < 1.29 is 0 Å². The number of fused-ring (bicyclic) bond motifs is 1. The first-order chi connectivity index (χ1) is 6.20. The minimum absolute atomic E-state index is 0.364. The molecule has 68 valence electrons. The lowest BCUT2D eigenvalue weighted by Crippen LogP contribution is -1.97. The fraction of sp³-hybridized carbons (Fsp3) is 0.125. The predicted octanol–water partition coefficient (Wildman–Crippen LogP) is 2.33. The molecule has 0 aliphatic rings. The van der Waals surface area contributed by atoms with Crippen molar-refractivity contribution in [3.63, 3.8) is 0 Å². The van der Waals surface area contributed by atoms with Gasteiger partial charge in [-0.25, -0.2) is 4.98 Å². The van der Waals surface area contributed by atoms with E-state index in [-0.39, 0.29) is 0 Å². The minimum atomic E-state index is 0.364. The molecule has 0 saturated heterocycles. The van der Waals surface area contributed by atoms with Gasteiger partial charge in [-0.3, -0.25) is 0 Å². The number of aromatic amines is 1. The van der Waals surface area contributed by atoms with Crippen LogP contribution in [0.2, 0.25) is 10.0 Å². The van der Waals surface area contributed by atoms with Crippen molar-refractivity contribution in [1.82, 2.24) is 9.97 Å². The topological polar surface area (TPSA) is 54.7 Å². The monoisotopic (exact) mass is 215 g/mol. The molecule has 1 aromatic carbocycles. The molecule has 0 amide bonds. The Kier molecular flexibility index (Phi) is 2.15. The van der Waals surface area contributed by atoms with Crippen molar-refractivity contribution in [3.8, 4) is 0 Å². The Bertz CT molecular complexity index is 450. The third-order valence-electron chi connectivity index (χ3n) is 1.75. The third-order valence-corrected chi connectivity index (χ3v) is 2.25. The number of nitrogens with zero attached hydrogens (tertiary/aromatic N) is 1. The molecule has 0 atom stereocenters. The second kappa shape index (κ2) is 3.18. The van der Waals surface area contributed by atoms with Crippen LogP contribution in [-0.4, -0.2) is 9.97 Å². The minimum Gasteiger partial charge on any atom is -0.341 e. The fourth-order valence-corrected chi connectivity index (χ4v) is 1.73. The van der Waals surface area contributed by atoms with Gasteiger partial charge in [-0.15, -0.1) is 0 Å². The van der Waals surface area contributed by atoms with Crippen LogP contribution in [0.5, 0.6) is 0 Å². The number of halogens is 2. The molecule has 3 N–H and O–H groups in total. The number of hydrogen-bond donors (Lipinski definition) is 2. The Hall–Kier alpha value is -0.770. The molecule has 0 unspecified atom stereocenters.